The molecule has 1 saturated heterocycles. The van der Waals surface area contributed by atoms with Crippen LogP contribution in [0.4, 0.5) is 5.69 Å². The van der Waals surface area contributed by atoms with Gasteiger partial charge in [-0.15, -0.1) is 0 Å². The van der Waals surface area contributed by atoms with Crippen molar-refractivity contribution < 1.29 is 22.7 Å². The van der Waals surface area contributed by atoms with Gasteiger partial charge in [-0.3, -0.25) is 4.79 Å². The Morgan fingerprint density at radius 1 is 1.21 bits per heavy atom. The first-order chi connectivity index (χ1) is 13.5. The van der Waals surface area contributed by atoms with Crippen LogP contribution in [-0.2, 0) is 19.6 Å². The van der Waals surface area contributed by atoms with Crippen LogP contribution in [0.2, 0.25) is 0 Å². The first-order valence-electron chi connectivity index (χ1n) is 9.77. The lowest BCUT2D eigenvalue weighted by atomic mass is 10.0. The Morgan fingerprint density at radius 3 is 2.38 bits per heavy atom. The van der Waals surface area contributed by atoms with E-state index in [1.807, 2.05) is 25.7 Å². The van der Waals surface area contributed by atoms with E-state index in [1.165, 1.54) is 26.2 Å². The summed E-state index contributed by atoms with van der Waals surface area (Å²) in [5.74, 6) is -1.11. The van der Waals surface area contributed by atoms with Gasteiger partial charge in [0.25, 0.3) is 5.91 Å². The van der Waals surface area contributed by atoms with Gasteiger partial charge in [-0.05, 0) is 51.3 Å². The molecule has 0 radical (unpaired) electrons. The summed E-state index contributed by atoms with van der Waals surface area (Å²) in [5, 5.41) is 2.80. The number of carbonyl (C=O) groups excluding carboxylic acids is 2. The molecule has 1 heterocycles. The average Bonchev–Trinajstić information content (AvgIpc) is 3.19. The molecule has 0 bridgehead atoms. The quantitative estimate of drug-likeness (QED) is 0.640. The molecule has 0 atom stereocenters. The number of esters is 1. The van der Waals surface area contributed by atoms with Crippen LogP contribution in [-0.4, -0.2) is 63.9 Å². The maximum absolute atomic E-state index is 12.8. The summed E-state index contributed by atoms with van der Waals surface area (Å²) >= 11 is 0. The summed E-state index contributed by atoms with van der Waals surface area (Å²) in [5.41, 5.74) is 0.376. The lowest BCUT2D eigenvalue weighted by Crippen LogP contribution is -2.44. The molecule has 1 amide bonds. The largest absolute Gasteiger partial charge is 0.452 e. The number of ether oxygens (including phenoxy) is 1. The Bertz CT molecular complexity index is 859. The van der Waals surface area contributed by atoms with Gasteiger partial charge in [0, 0.05) is 32.7 Å². The number of nitrogens with one attached hydrogen (secondary N) is 1. The highest BCUT2D eigenvalue weighted by atomic mass is 32.2. The van der Waals surface area contributed by atoms with Crippen LogP contribution < -0.4 is 10.2 Å². The normalized spacial score (nSPS) is 14.9. The smallest absolute Gasteiger partial charge is 0.340 e. The Kier molecular flexibility index (Phi) is 7.29. The molecule has 1 aliphatic heterocycles. The van der Waals surface area contributed by atoms with E-state index in [0.717, 1.165) is 36.7 Å². The van der Waals surface area contributed by atoms with E-state index >= 15 is 0 Å². The summed E-state index contributed by atoms with van der Waals surface area (Å²) in [6.45, 7) is 6.86. The molecule has 0 unspecified atom stereocenters. The summed E-state index contributed by atoms with van der Waals surface area (Å²) in [4.78, 5) is 26.9. The van der Waals surface area contributed by atoms with Gasteiger partial charge in [0.05, 0.1) is 16.1 Å². The third kappa shape index (κ3) is 5.70. The molecule has 1 aromatic carbocycles. The van der Waals surface area contributed by atoms with E-state index in [9.17, 15) is 18.0 Å². The number of benzene rings is 1. The minimum Gasteiger partial charge on any atom is -0.452 e. The maximum Gasteiger partial charge on any atom is 0.340 e. The molecule has 2 rings (SSSR count). The lowest BCUT2D eigenvalue weighted by molar-refractivity contribution is -0.125. The fourth-order valence-electron chi connectivity index (χ4n) is 2.99. The second-order valence-electron chi connectivity index (χ2n) is 8.02. The first-order valence-corrected chi connectivity index (χ1v) is 11.2. The fraction of sp³-hybridized carbons (Fsp3) is 0.600. The fourth-order valence-corrected chi connectivity index (χ4v) is 3.92. The molecule has 0 aromatic heterocycles. The van der Waals surface area contributed by atoms with Gasteiger partial charge in [0.1, 0.15) is 0 Å². The molecule has 1 N–H and O–H groups in total. The first kappa shape index (κ1) is 23.2. The maximum atomic E-state index is 12.8. The monoisotopic (exact) mass is 425 g/mol. The van der Waals surface area contributed by atoms with E-state index in [2.05, 4.69) is 5.32 Å². The van der Waals surface area contributed by atoms with Gasteiger partial charge >= 0.3 is 5.97 Å². The molecule has 1 fully saturated rings. The Hall–Kier alpha value is -2.13. The highest BCUT2D eigenvalue weighted by molar-refractivity contribution is 7.89. The van der Waals surface area contributed by atoms with Gasteiger partial charge in [-0.25, -0.2) is 17.5 Å². The van der Waals surface area contributed by atoms with Crippen LogP contribution in [0.3, 0.4) is 0 Å². The number of rotatable bonds is 8. The summed E-state index contributed by atoms with van der Waals surface area (Å²) in [6, 6.07) is 4.47. The minimum atomic E-state index is -3.70. The zero-order chi connectivity index (χ0) is 21.8. The van der Waals surface area contributed by atoms with Crippen LogP contribution in [0.5, 0.6) is 0 Å². The lowest BCUT2D eigenvalue weighted by Gasteiger charge is -2.24. The van der Waals surface area contributed by atoms with E-state index < -0.39 is 34.0 Å². The van der Waals surface area contributed by atoms with Crippen LogP contribution in [0.1, 0.15) is 50.4 Å². The summed E-state index contributed by atoms with van der Waals surface area (Å²) in [7, 11) is -0.840. The second-order valence-corrected chi connectivity index (χ2v) is 10.2. The van der Waals surface area contributed by atoms with Crippen molar-refractivity contribution in [3.8, 4) is 0 Å². The minimum absolute atomic E-state index is 0.00830. The van der Waals surface area contributed by atoms with Crippen LogP contribution in [0, 0.1) is 0 Å². The summed E-state index contributed by atoms with van der Waals surface area (Å²) < 4.78 is 31.3. The second kappa shape index (κ2) is 9.13. The standard InChI is InChI=1S/C20H31N3O5S/c1-6-20(2,3)21-18(24)14-28-19(25)16-13-15(29(26,27)22(4)5)9-10-17(16)23-11-7-8-12-23/h9-10,13H,6-8,11-12,14H2,1-5H3,(H,21,24). The summed E-state index contributed by atoms with van der Waals surface area (Å²) in [6.07, 6.45) is 2.73. The number of sulfonamides is 1. The predicted molar refractivity (Wildman–Crippen MR) is 112 cm³/mol. The molecule has 0 aliphatic carbocycles. The molecular weight excluding hydrogens is 394 g/mol. The molecule has 29 heavy (non-hydrogen) atoms. The van der Waals surface area contributed by atoms with Crippen molar-refractivity contribution in [1.29, 1.82) is 0 Å². The van der Waals surface area contributed by atoms with Crippen molar-refractivity contribution in [3.63, 3.8) is 0 Å². The number of hydrogen-bond donors (Lipinski definition) is 1. The number of anilines is 1. The molecule has 1 aliphatic rings. The SMILES string of the molecule is CCC(C)(C)NC(=O)COC(=O)c1cc(S(=O)(=O)N(C)C)ccc1N1CCCC1. The van der Waals surface area contributed by atoms with Gasteiger partial charge in [0.15, 0.2) is 6.61 Å². The zero-order valence-corrected chi connectivity index (χ0v) is 18.6. The highest BCUT2D eigenvalue weighted by Gasteiger charge is 2.26. The zero-order valence-electron chi connectivity index (χ0n) is 17.8. The average molecular weight is 426 g/mol. The molecule has 0 saturated carbocycles. The van der Waals surface area contributed by atoms with Crippen molar-refractivity contribution in [2.24, 2.45) is 0 Å². The van der Waals surface area contributed by atoms with Crippen molar-refractivity contribution in [3.05, 3.63) is 23.8 Å². The van der Waals surface area contributed by atoms with Crippen molar-refractivity contribution in [2.75, 3.05) is 38.7 Å². The van der Waals surface area contributed by atoms with Gasteiger partial charge in [-0.2, -0.15) is 0 Å². The molecule has 0 spiro atoms. The molecule has 162 valence electrons. The molecule has 1 aromatic rings. The van der Waals surface area contributed by atoms with Crippen LogP contribution in [0.25, 0.3) is 0 Å². The van der Waals surface area contributed by atoms with Crippen LogP contribution in [0.15, 0.2) is 23.1 Å². The van der Waals surface area contributed by atoms with Crippen molar-refractivity contribution in [2.45, 2.75) is 50.5 Å². The van der Waals surface area contributed by atoms with E-state index in [1.54, 1.807) is 6.07 Å². The Balaban J connectivity index is 2.27. The molecule has 8 nitrogen and oxygen atoms in total. The van der Waals surface area contributed by atoms with E-state index in [4.69, 9.17) is 4.74 Å². The third-order valence-corrected chi connectivity index (χ3v) is 6.92. The highest BCUT2D eigenvalue weighted by Crippen LogP contribution is 2.28. The molecule has 9 heteroatoms. The Labute approximate surface area is 173 Å². The van der Waals surface area contributed by atoms with E-state index in [0.29, 0.717) is 5.69 Å². The van der Waals surface area contributed by atoms with Crippen molar-refractivity contribution >= 4 is 27.6 Å². The predicted octanol–water partition coefficient (Wildman–Crippen LogP) is 2.00. The van der Waals surface area contributed by atoms with E-state index in [-0.39, 0.29) is 10.5 Å². The number of nitrogens with zero attached hydrogens (tertiary/aromatic N) is 2. The topological polar surface area (TPSA) is 96.0 Å². The number of carbonyl (C=O) groups is 2. The Morgan fingerprint density at radius 2 is 1.83 bits per heavy atom. The van der Waals surface area contributed by atoms with Gasteiger partial charge in [0.2, 0.25) is 10.0 Å². The number of amides is 1. The van der Waals surface area contributed by atoms with Crippen molar-refractivity contribution in [1.82, 2.24) is 9.62 Å². The third-order valence-electron chi connectivity index (χ3n) is 5.11. The van der Waals surface area contributed by atoms with Gasteiger partial charge < -0.3 is 15.0 Å². The molecular formula is C20H31N3O5S. The van der Waals surface area contributed by atoms with Gasteiger partial charge in [-0.1, -0.05) is 6.92 Å². The van der Waals surface area contributed by atoms with Crippen LogP contribution >= 0.6 is 0 Å². The number of hydrogen-bond acceptors (Lipinski definition) is 6.